The van der Waals surface area contributed by atoms with Crippen molar-refractivity contribution in [1.82, 2.24) is 19.5 Å². The van der Waals surface area contributed by atoms with Crippen molar-refractivity contribution in [3.8, 4) is 0 Å². The minimum atomic E-state index is -3.59. The summed E-state index contributed by atoms with van der Waals surface area (Å²) in [7, 11) is -2.27. The van der Waals surface area contributed by atoms with Gasteiger partial charge in [-0.15, -0.1) is 5.10 Å². The van der Waals surface area contributed by atoms with Gasteiger partial charge in [-0.1, -0.05) is 0 Å². The fraction of sp³-hybridized carbons (Fsp3) is 0.273. The number of aromatic amines is 1. The number of rotatable bonds is 5. The first-order valence-corrected chi connectivity index (χ1v) is 8.35. The van der Waals surface area contributed by atoms with Crippen LogP contribution >= 0.6 is 11.8 Å². The zero-order valence-electron chi connectivity index (χ0n) is 11.5. The normalized spacial score (nSPS) is 11.7. The second-order valence-corrected chi connectivity index (χ2v) is 6.96. The molecule has 10 heteroatoms. The van der Waals surface area contributed by atoms with Gasteiger partial charge in [-0.3, -0.25) is 4.57 Å². The molecule has 0 bridgehead atoms. The Balaban J connectivity index is 2.35. The van der Waals surface area contributed by atoms with Gasteiger partial charge < -0.3 is 5.73 Å². The summed E-state index contributed by atoms with van der Waals surface area (Å²) in [6.45, 7) is 2.32. The molecule has 0 aliphatic rings. The lowest BCUT2D eigenvalue weighted by molar-refractivity contribution is 0.588. The van der Waals surface area contributed by atoms with E-state index in [2.05, 4.69) is 14.9 Å². The Kier molecular flexibility index (Phi) is 4.40. The Bertz CT molecular complexity index is 810. The van der Waals surface area contributed by atoms with E-state index < -0.39 is 10.0 Å². The van der Waals surface area contributed by atoms with Crippen LogP contribution in [-0.4, -0.2) is 30.2 Å². The van der Waals surface area contributed by atoms with E-state index in [1.54, 1.807) is 6.07 Å². The second-order valence-electron chi connectivity index (χ2n) is 4.06. The molecule has 2 aromatic rings. The summed E-state index contributed by atoms with van der Waals surface area (Å²) in [6, 6.07) is 4.57. The van der Waals surface area contributed by atoms with Crippen molar-refractivity contribution >= 4 is 27.5 Å². The van der Waals surface area contributed by atoms with Gasteiger partial charge in [0.15, 0.2) is 5.16 Å². The van der Waals surface area contributed by atoms with Gasteiger partial charge >= 0.3 is 5.69 Å². The van der Waals surface area contributed by atoms with Crippen LogP contribution in [0, 0.1) is 0 Å². The van der Waals surface area contributed by atoms with Crippen LogP contribution in [0.4, 0.5) is 5.69 Å². The molecule has 0 saturated heterocycles. The maximum atomic E-state index is 11.7. The molecule has 21 heavy (non-hydrogen) atoms. The molecule has 8 nitrogen and oxygen atoms in total. The summed E-state index contributed by atoms with van der Waals surface area (Å²) in [6.07, 6.45) is 0. The molecule has 0 fully saturated rings. The Morgan fingerprint density at radius 3 is 2.76 bits per heavy atom. The highest BCUT2D eigenvalue weighted by atomic mass is 32.2. The molecule has 2 rings (SSSR count). The van der Waals surface area contributed by atoms with E-state index in [1.165, 1.54) is 35.5 Å². The van der Waals surface area contributed by atoms with Crippen LogP contribution in [0.25, 0.3) is 0 Å². The first-order chi connectivity index (χ1) is 9.89. The van der Waals surface area contributed by atoms with Gasteiger partial charge in [0.25, 0.3) is 0 Å². The van der Waals surface area contributed by atoms with Crippen LogP contribution in [0.5, 0.6) is 0 Å². The molecule has 1 aromatic heterocycles. The predicted octanol–water partition coefficient (Wildman–Crippen LogP) is 0.233. The Morgan fingerprint density at radius 1 is 1.48 bits per heavy atom. The molecule has 0 unspecified atom stereocenters. The standard InChI is InChI=1S/C11H15N5O3S2/c1-3-16-10(17)14-15-11(16)20-7-4-5-9(8(12)6-7)21(18,19)13-2/h4-6,13H,3,12H2,1-2H3,(H,14,17). The van der Waals surface area contributed by atoms with Crippen LogP contribution in [0.2, 0.25) is 0 Å². The topological polar surface area (TPSA) is 123 Å². The summed E-state index contributed by atoms with van der Waals surface area (Å²) in [5, 5.41) is 6.77. The number of sulfonamides is 1. The maximum Gasteiger partial charge on any atom is 0.343 e. The second kappa shape index (κ2) is 5.92. The number of hydrogen-bond donors (Lipinski definition) is 3. The van der Waals surface area contributed by atoms with E-state index in [4.69, 9.17) is 5.73 Å². The first-order valence-electron chi connectivity index (χ1n) is 6.05. The van der Waals surface area contributed by atoms with E-state index >= 15 is 0 Å². The van der Waals surface area contributed by atoms with Crippen LogP contribution in [-0.2, 0) is 16.6 Å². The number of anilines is 1. The van der Waals surface area contributed by atoms with Crippen LogP contribution < -0.4 is 16.1 Å². The van der Waals surface area contributed by atoms with E-state index in [1.807, 2.05) is 6.92 Å². The first kappa shape index (κ1) is 15.6. The third kappa shape index (κ3) is 3.12. The number of nitrogens with zero attached hydrogens (tertiary/aromatic N) is 2. The minimum Gasteiger partial charge on any atom is -0.398 e. The average molecular weight is 329 g/mol. The van der Waals surface area contributed by atoms with Gasteiger partial charge in [0.2, 0.25) is 10.0 Å². The largest absolute Gasteiger partial charge is 0.398 e. The fourth-order valence-corrected chi connectivity index (χ4v) is 3.49. The SMILES string of the molecule is CCn1c(Sc2ccc(S(=O)(=O)NC)c(N)c2)n[nH]c1=O. The van der Waals surface area contributed by atoms with Crippen LogP contribution in [0.1, 0.15) is 6.92 Å². The Morgan fingerprint density at radius 2 is 2.19 bits per heavy atom. The zero-order valence-corrected chi connectivity index (χ0v) is 13.1. The van der Waals surface area contributed by atoms with Crippen molar-refractivity contribution in [2.45, 2.75) is 28.4 Å². The molecule has 0 radical (unpaired) electrons. The smallest absolute Gasteiger partial charge is 0.343 e. The number of benzene rings is 1. The predicted molar refractivity (Wildman–Crippen MR) is 79.7 cm³/mol. The number of nitrogens with two attached hydrogens (primary N) is 1. The summed E-state index contributed by atoms with van der Waals surface area (Å²) in [5.74, 6) is 0. The molecule has 0 aliphatic heterocycles. The van der Waals surface area contributed by atoms with Gasteiger partial charge in [-0.25, -0.2) is 23.0 Å². The number of nitrogens with one attached hydrogen (secondary N) is 2. The lowest BCUT2D eigenvalue weighted by Crippen LogP contribution is -2.19. The van der Waals surface area contributed by atoms with Crippen molar-refractivity contribution in [2.24, 2.45) is 0 Å². The van der Waals surface area contributed by atoms with Crippen molar-refractivity contribution in [2.75, 3.05) is 12.8 Å². The molecule has 1 heterocycles. The van der Waals surface area contributed by atoms with Gasteiger partial charge in [0.1, 0.15) is 4.90 Å². The summed E-state index contributed by atoms with van der Waals surface area (Å²) < 4.78 is 27.2. The number of hydrogen-bond acceptors (Lipinski definition) is 6. The zero-order chi connectivity index (χ0) is 15.6. The Hall–Kier alpha value is -1.78. The van der Waals surface area contributed by atoms with Crippen molar-refractivity contribution in [3.63, 3.8) is 0 Å². The summed E-state index contributed by atoms with van der Waals surface area (Å²) in [4.78, 5) is 12.2. The molecule has 0 amide bonds. The minimum absolute atomic E-state index is 0.0178. The van der Waals surface area contributed by atoms with E-state index in [0.29, 0.717) is 16.6 Å². The highest BCUT2D eigenvalue weighted by molar-refractivity contribution is 7.99. The number of H-pyrrole nitrogens is 1. The Labute approximate surface area is 125 Å². The molecule has 1 aromatic carbocycles. The summed E-state index contributed by atoms with van der Waals surface area (Å²) in [5.41, 5.74) is 5.63. The van der Waals surface area contributed by atoms with Crippen molar-refractivity contribution in [1.29, 1.82) is 0 Å². The lowest BCUT2D eigenvalue weighted by atomic mass is 10.3. The highest BCUT2D eigenvalue weighted by Gasteiger charge is 2.16. The third-order valence-corrected chi connectivity index (χ3v) is 5.26. The van der Waals surface area contributed by atoms with Crippen molar-refractivity contribution in [3.05, 3.63) is 28.7 Å². The summed E-state index contributed by atoms with van der Waals surface area (Å²) >= 11 is 1.23. The van der Waals surface area contributed by atoms with E-state index in [9.17, 15) is 13.2 Å². The van der Waals surface area contributed by atoms with Gasteiger partial charge in [0.05, 0.1) is 5.69 Å². The molecular formula is C11H15N5O3S2. The van der Waals surface area contributed by atoms with E-state index in [0.717, 1.165) is 0 Å². The molecule has 4 N–H and O–H groups in total. The average Bonchev–Trinajstić information content (AvgIpc) is 2.78. The van der Waals surface area contributed by atoms with Crippen molar-refractivity contribution < 1.29 is 8.42 Å². The third-order valence-electron chi connectivity index (χ3n) is 2.79. The monoisotopic (exact) mass is 329 g/mol. The highest BCUT2D eigenvalue weighted by Crippen LogP contribution is 2.29. The molecule has 0 saturated carbocycles. The van der Waals surface area contributed by atoms with E-state index in [-0.39, 0.29) is 16.3 Å². The molecule has 0 aliphatic carbocycles. The van der Waals surface area contributed by atoms with Crippen LogP contribution in [0.3, 0.4) is 0 Å². The number of aromatic nitrogens is 3. The number of nitrogen functional groups attached to an aromatic ring is 1. The fourth-order valence-electron chi connectivity index (χ4n) is 1.71. The molecular weight excluding hydrogens is 314 g/mol. The van der Waals surface area contributed by atoms with Gasteiger partial charge in [0, 0.05) is 11.4 Å². The van der Waals surface area contributed by atoms with Gasteiger partial charge in [-0.2, -0.15) is 0 Å². The van der Waals surface area contributed by atoms with Gasteiger partial charge in [-0.05, 0) is 43.9 Å². The molecule has 0 atom stereocenters. The van der Waals surface area contributed by atoms with Crippen LogP contribution in [0.15, 0.2) is 37.9 Å². The lowest BCUT2D eigenvalue weighted by Gasteiger charge is -2.08. The molecule has 114 valence electrons. The molecule has 0 spiro atoms. The maximum absolute atomic E-state index is 11.7. The quantitative estimate of drug-likeness (QED) is 0.675.